The van der Waals surface area contributed by atoms with E-state index in [9.17, 15) is 19.5 Å². The fourth-order valence-corrected chi connectivity index (χ4v) is 4.47. The molecule has 4 N–H and O–H groups in total. The highest BCUT2D eigenvalue weighted by Gasteiger charge is 2.41. The number of carboxylic acid groups (broad SMARTS) is 1. The molecule has 0 radical (unpaired) electrons. The van der Waals surface area contributed by atoms with Gasteiger partial charge in [0.25, 0.3) is 0 Å². The molecule has 3 atom stereocenters. The number of nitrogens with one attached hydrogen (secondary N) is 2. The van der Waals surface area contributed by atoms with Crippen LogP contribution >= 0.6 is 11.3 Å². The standard InChI is InChI=1S/C21H26N4O5S/c1-3-16(24-21(29)30)20(28)25-10-15(26)8-17(25)19(27)22-9-13-4-6-14(7-5-13)18-12(2)23-11-31-18/h4-7,11,15-17,24,26H,3,8-10H2,1-2H3,(H,22,27)(H,29,30)/t15-,16+,17+/m1/s1. The highest BCUT2D eigenvalue weighted by atomic mass is 32.1. The van der Waals surface area contributed by atoms with Gasteiger partial charge in [0.1, 0.15) is 12.1 Å². The van der Waals surface area contributed by atoms with E-state index in [-0.39, 0.29) is 31.8 Å². The van der Waals surface area contributed by atoms with Crippen molar-refractivity contribution in [1.82, 2.24) is 20.5 Å². The topological polar surface area (TPSA) is 132 Å². The summed E-state index contributed by atoms with van der Waals surface area (Å²) in [4.78, 5) is 43.0. The van der Waals surface area contributed by atoms with E-state index in [0.717, 1.165) is 21.7 Å². The molecule has 10 heteroatoms. The van der Waals surface area contributed by atoms with Crippen LogP contribution in [0.15, 0.2) is 29.8 Å². The number of aliphatic hydroxyl groups is 1. The van der Waals surface area contributed by atoms with Gasteiger partial charge in [0.05, 0.1) is 22.2 Å². The lowest BCUT2D eigenvalue weighted by Gasteiger charge is -2.27. The maximum absolute atomic E-state index is 12.8. The van der Waals surface area contributed by atoms with Crippen LogP contribution in [0.25, 0.3) is 10.4 Å². The number of hydrogen-bond donors (Lipinski definition) is 4. The number of carbonyl (C=O) groups excluding carboxylic acids is 2. The van der Waals surface area contributed by atoms with Gasteiger partial charge in [0.15, 0.2) is 0 Å². The third-order valence-electron chi connectivity index (χ3n) is 5.30. The zero-order chi connectivity index (χ0) is 22.5. The van der Waals surface area contributed by atoms with Crippen LogP contribution in [0.3, 0.4) is 0 Å². The largest absolute Gasteiger partial charge is 0.465 e. The van der Waals surface area contributed by atoms with Crippen molar-refractivity contribution in [3.63, 3.8) is 0 Å². The van der Waals surface area contributed by atoms with Gasteiger partial charge in [-0.15, -0.1) is 11.3 Å². The highest BCUT2D eigenvalue weighted by Crippen LogP contribution is 2.27. The van der Waals surface area contributed by atoms with Gasteiger partial charge < -0.3 is 25.7 Å². The molecule has 0 bridgehead atoms. The SMILES string of the molecule is CC[C@H](NC(=O)O)C(=O)N1C[C@H](O)C[C@H]1C(=O)NCc1ccc(-c2scnc2C)cc1. The quantitative estimate of drug-likeness (QED) is 0.512. The van der Waals surface area contributed by atoms with Gasteiger partial charge in [-0.3, -0.25) is 9.59 Å². The van der Waals surface area contributed by atoms with E-state index in [0.29, 0.717) is 0 Å². The third kappa shape index (κ3) is 5.39. The number of rotatable bonds is 7. The Morgan fingerprint density at radius 3 is 2.58 bits per heavy atom. The molecule has 2 aromatic rings. The van der Waals surface area contributed by atoms with Gasteiger partial charge in [0.2, 0.25) is 11.8 Å². The van der Waals surface area contributed by atoms with Crippen molar-refractivity contribution < 1.29 is 24.6 Å². The van der Waals surface area contributed by atoms with Gasteiger partial charge in [0, 0.05) is 19.5 Å². The van der Waals surface area contributed by atoms with Crippen LogP contribution < -0.4 is 10.6 Å². The normalized spacial score (nSPS) is 19.1. The minimum absolute atomic E-state index is 0.00236. The first-order chi connectivity index (χ1) is 14.8. The van der Waals surface area contributed by atoms with E-state index in [1.807, 2.05) is 31.2 Å². The Morgan fingerprint density at radius 2 is 2.00 bits per heavy atom. The smallest absolute Gasteiger partial charge is 0.405 e. The molecule has 1 aromatic carbocycles. The fourth-order valence-electron chi connectivity index (χ4n) is 3.65. The van der Waals surface area contributed by atoms with E-state index in [4.69, 9.17) is 5.11 Å². The molecule has 0 saturated carbocycles. The molecule has 9 nitrogen and oxygen atoms in total. The van der Waals surface area contributed by atoms with Crippen molar-refractivity contribution in [3.8, 4) is 10.4 Å². The zero-order valence-electron chi connectivity index (χ0n) is 17.4. The molecule has 166 valence electrons. The second-order valence-electron chi connectivity index (χ2n) is 7.49. The lowest BCUT2D eigenvalue weighted by molar-refractivity contribution is -0.140. The van der Waals surface area contributed by atoms with Gasteiger partial charge in [-0.05, 0) is 24.5 Å². The summed E-state index contributed by atoms with van der Waals surface area (Å²) in [5.41, 5.74) is 4.73. The predicted molar refractivity (Wildman–Crippen MR) is 115 cm³/mol. The molecule has 0 aliphatic carbocycles. The molecular weight excluding hydrogens is 420 g/mol. The molecule has 3 rings (SSSR count). The Balaban J connectivity index is 1.62. The van der Waals surface area contributed by atoms with E-state index < -0.39 is 30.2 Å². The fraction of sp³-hybridized carbons (Fsp3) is 0.429. The number of aliphatic hydroxyl groups excluding tert-OH is 1. The van der Waals surface area contributed by atoms with Crippen LogP contribution in [-0.4, -0.2) is 62.7 Å². The molecule has 31 heavy (non-hydrogen) atoms. The van der Waals surface area contributed by atoms with E-state index in [2.05, 4.69) is 15.6 Å². The first-order valence-corrected chi connectivity index (χ1v) is 10.9. The predicted octanol–water partition coefficient (Wildman–Crippen LogP) is 1.74. The minimum Gasteiger partial charge on any atom is -0.465 e. The van der Waals surface area contributed by atoms with Crippen molar-refractivity contribution in [2.75, 3.05) is 6.54 Å². The molecule has 1 aliphatic rings. The van der Waals surface area contributed by atoms with E-state index in [1.165, 1.54) is 4.90 Å². The molecule has 0 spiro atoms. The number of benzene rings is 1. The van der Waals surface area contributed by atoms with Crippen molar-refractivity contribution in [2.24, 2.45) is 0 Å². The van der Waals surface area contributed by atoms with Crippen molar-refractivity contribution in [2.45, 2.75) is 51.4 Å². The second kappa shape index (κ2) is 9.88. The number of likely N-dealkylation sites (tertiary alicyclic amines) is 1. The number of β-amino-alcohol motifs (C(OH)–C–C–N with tert-alkyl or cyclic N) is 1. The Bertz CT molecular complexity index is 946. The maximum Gasteiger partial charge on any atom is 0.405 e. The number of amides is 3. The monoisotopic (exact) mass is 446 g/mol. The molecule has 3 amide bonds. The number of aryl methyl sites for hydroxylation is 1. The van der Waals surface area contributed by atoms with Crippen molar-refractivity contribution >= 4 is 29.2 Å². The van der Waals surface area contributed by atoms with Crippen LogP contribution in [0.2, 0.25) is 0 Å². The second-order valence-corrected chi connectivity index (χ2v) is 8.34. The lowest BCUT2D eigenvalue weighted by Crippen LogP contribution is -2.53. The summed E-state index contributed by atoms with van der Waals surface area (Å²) < 4.78 is 0. The van der Waals surface area contributed by atoms with Crippen LogP contribution in [0, 0.1) is 6.92 Å². The van der Waals surface area contributed by atoms with Gasteiger partial charge >= 0.3 is 6.09 Å². The molecule has 2 heterocycles. The van der Waals surface area contributed by atoms with Crippen molar-refractivity contribution in [3.05, 3.63) is 41.0 Å². The lowest BCUT2D eigenvalue weighted by atomic mass is 10.1. The Kier molecular flexibility index (Phi) is 7.24. The van der Waals surface area contributed by atoms with Gasteiger partial charge in [-0.1, -0.05) is 31.2 Å². The number of nitrogens with zero attached hydrogens (tertiary/aromatic N) is 2. The Hall–Kier alpha value is -2.98. The average Bonchev–Trinajstić information content (AvgIpc) is 3.35. The molecule has 1 fully saturated rings. The first kappa shape index (κ1) is 22.7. The summed E-state index contributed by atoms with van der Waals surface area (Å²) in [5, 5.41) is 23.9. The average molecular weight is 447 g/mol. The first-order valence-electron chi connectivity index (χ1n) is 10.0. The van der Waals surface area contributed by atoms with Crippen LogP contribution in [0.4, 0.5) is 4.79 Å². The van der Waals surface area contributed by atoms with Gasteiger partial charge in [-0.25, -0.2) is 9.78 Å². The van der Waals surface area contributed by atoms with Crippen LogP contribution in [0.1, 0.15) is 31.0 Å². The van der Waals surface area contributed by atoms with Crippen molar-refractivity contribution in [1.29, 1.82) is 0 Å². The summed E-state index contributed by atoms with van der Waals surface area (Å²) in [6.45, 7) is 3.91. The van der Waals surface area contributed by atoms with E-state index >= 15 is 0 Å². The number of carbonyl (C=O) groups is 3. The maximum atomic E-state index is 12.8. The summed E-state index contributed by atoms with van der Waals surface area (Å²) >= 11 is 1.57. The Morgan fingerprint density at radius 1 is 1.29 bits per heavy atom. The number of hydrogen-bond acceptors (Lipinski definition) is 6. The van der Waals surface area contributed by atoms with Crippen LogP contribution in [0.5, 0.6) is 0 Å². The Labute approximate surface area is 184 Å². The number of aromatic nitrogens is 1. The molecule has 1 saturated heterocycles. The highest BCUT2D eigenvalue weighted by molar-refractivity contribution is 7.13. The molecule has 1 aromatic heterocycles. The molecule has 0 unspecified atom stereocenters. The van der Waals surface area contributed by atoms with Crippen LogP contribution in [-0.2, 0) is 16.1 Å². The third-order valence-corrected chi connectivity index (χ3v) is 6.27. The number of thiazole rings is 1. The summed E-state index contributed by atoms with van der Waals surface area (Å²) in [7, 11) is 0. The minimum atomic E-state index is -1.31. The summed E-state index contributed by atoms with van der Waals surface area (Å²) in [5.74, 6) is -0.886. The summed E-state index contributed by atoms with van der Waals surface area (Å²) in [6, 6.07) is 5.99. The molecular formula is C21H26N4O5S. The zero-order valence-corrected chi connectivity index (χ0v) is 18.2. The van der Waals surface area contributed by atoms with Gasteiger partial charge in [-0.2, -0.15) is 0 Å². The summed E-state index contributed by atoms with van der Waals surface area (Å²) in [6.07, 6.45) is -1.77. The van der Waals surface area contributed by atoms with E-state index in [1.54, 1.807) is 23.8 Å². The molecule has 1 aliphatic heterocycles.